The fourth-order valence-electron chi connectivity index (χ4n) is 6.44. The van der Waals surface area contributed by atoms with Crippen molar-refractivity contribution >= 4 is 32.7 Å². The normalized spacial score (nSPS) is 11.4. The first-order chi connectivity index (χ1) is 23.3. The molecule has 0 atom stereocenters. The molecule has 47 heavy (non-hydrogen) atoms. The predicted octanol–water partition coefficient (Wildman–Crippen LogP) is 11.3. The van der Waals surface area contributed by atoms with Crippen molar-refractivity contribution in [3.05, 3.63) is 164 Å². The van der Waals surface area contributed by atoms with Crippen LogP contribution in [0.5, 0.6) is 0 Å². The average Bonchev–Trinajstić information content (AvgIpc) is 3.53. The van der Waals surface area contributed by atoms with Crippen LogP contribution < -0.4 is 0 Å². The molecule has 9 aromatic rings. The lowest BCUT2D eigenvalue weighted by molar-refractivity contribution is 0.669. The number of hydrogen-bond acceptors (Lipinski definition) is 4. The molecule has 0 unspecified atom stereocenters. The molecule has 0 fully saturated rings. The molecule has 0 amide bonds. The van der Waals surface area contributed by atoms with E-state index in [9.17, 15) is 0 Å². The SMILES string of the molecule is c1ccc(-c2ccc3cccc(-c4ccc5oc6cccc(-c7nc(-c8ccccc8)nc(-c8ccccc8)n7)c6c5c4)c3c2)cc1. The minimum atomic E-state index is 0.606. The molecule has 0 N–H and O–H groups in total. The Hall–Kier alpha value is -6.39. The van der Waals surface area contributed by atoms with E-state index in [4.69, 9.17) is 19.4 Å². The van der Waals surface area contributed by atoms with Gasteiger partial charge in [0.05, 0.1) is 0 Å². The van der Waals surface area contributed by atoms with Gasteiger partial charge >= 0.3 is 0 Å². The van der Waals surface area contributed by atoms with Gasteiger partial charge in [-0.3, -0.25) is 0 Å². The highest BCUT2D eigenvalue weighted by molar-refractivity contribution is 6.13. The predicted molar refractivity (Wildman–Crippen MR) is 192 cm³/mol. The van der Waals surface area contributed by atoms with Crippen LogP contribution in [-0.2, 0) is 0 Å². The van der Waals surface area contributed by atoms with Crippen molar-refractivity contribution < 1.29 is 4.42 Å². The maximum atomic E-state index is 6.43. The van der Waals surface area contributed by atoms with Gasteiger partial charge in [-0.2, -0.15) is 0 Å². The lowest BCUT2D eigenvalue weighted by Gasteiger charge is -2.10. The van der Waals surface area contributed by atoms with E-state index in [1.807, 2.05) is 72.8 Å². The summed E-state index contributed by atoms with van der Waals surface area (Å²) in [7, 11) is 0. The quantitative estimate of drug-likeness (QED) is 0.197. The molecule has 0 radical (unpaired) electrons. The second-order valence-corrected chi connectivity index (χ2v) is 11.6. The summed E-state index contributed by atoms with van der Waals surface area (Å²) in [6.45, 7) is 0. The van der Waals surface area contributed by atoms with E-state index in [0.29, 0.717) is 17.5 Å². The Balaban J connectivity index is 1.25. The van der Waals surface area contributed by atoms with Crippen LogP contribution >= 0.6 is 0 Å². The Morgan fingerprint density at radius 2 is 0.915 bits per heavy atom. The third-order valence-corrected chi connectivity index (χ3v) is 8.74. The van der Waals surface area contributed by atoms with Crippen LogP contribution in [0.3, 0.4) is 0 Å². The summed E-state index contributed by atoms with van der Waals surface area (Å²) < 4.78 is 6.43. The fraction of sp³-hybridized carbons (Fsp3) is 0. The van der Waals surface area contributed by atoms with Crippen molar-refractivity contribution in [2.45, 2.75) is 0 Å². The van der Waals surface area contributed by atoms with Crippen molar-refractivity contribution in [3.8, 4) is 56.4 Å². The summed E-state index contributed by atoms with van der Waals surface area (Å²) in [5.74, 6) is 1.86. The van der Waals surface area contributed by atoms with E-state index < -0.39 is 0 Å². The molecule has 0 aliphatic rings. The van der Waals surface area contributed by atoms with Gasteiger partial charge in [0.1, 0.15) is 11.2 Å². The van der Waals surface area contributed by atoms with Crippen molar-refractivity contribution in [1.29, 1.82) is 0 Å². The molecule has 0 aliphatic heterocycles. The van der Waals surface area contributed by atoms with E-state index in [2.05, 4.69) is 91.0 Å². The van der Waals surface area contributed by atoms with Gasteiger partial charge in [-0.1, -0.05) is 140 Å². The number of hydrogen-bond donors (Lipinski definition) is 0. The van der Waals surface area contributed by atoms with Gasteiger partial charge < -0.3 is 4.42 Å². The Kier molecular flexibility index (Phi) is 6.43. The van der Waals surface area contributed by atoms with Crippen LogP contribution in [0.15, 0.2) is 168 Å². The summed E-state index contributed by atoms with van der Waals surface area (Å²) in [5.41, 5.74) is 9.08. The van der Waals surface area contributed by atoms with E-state index >= 15 is 0 Å². The zero-order valence-electron chi connectivity index (χ0n) is 25.3. The van der Waals surface area contributed by atoms with E-state index in [0.717, 1.165) is 44.2 Å². The van der Waals surface area contributed by atoms with Gasteiger partial charge in [-0.15, -0.1) is 0 Å². The Bertz CT molecular complexity index is 2500. The summed E-state index contributed by atoms with van der Waals surface area (Å²) >= 11 is 0. The molecule has 0 bridgehead atoms. The van der Waals surface area contributed by atoms with Gasteiger partial charge in [-0.25, -0.2) is 15.0 Å². The number of nitrogens with zero attached hydrogens (tertiary/aromatic N) is 3. The zero-order chi connectivity index (χ0) is 31.2. The highest BCUT2D eigenvalue weighted by Gasteiger charge is 2.18. The first-order valence-electron chi connectivity index (χ1n) is 15.7. The minimum Gasteiger partial charge on any atom is -0.456 e. The van der Waals surface area contributed by atoms with Crippen LogP contribution in [0.2, 0.25) is 0 Å². The molecule has 0 aliphatic carbocycles. The van der Waals surface area contributed by atoms with Gasteiger partial charge in [0.15, 0.2) is 17.5 Å². The highest BCUT2D eigenvalue weighted by atomic mass is 16.3. The van der Waals surface area contributed by atoms with Crippen LogP contribution in [0.25, 0.3) is 89.1 Å². The number of fused-ring (bicyclic) bond motifs is 4. The first-order valence-corrected chi connectivity index (χ1v) is 15.7. The van der Waals surface area contributed by atoms with E-state index in [1.54, 1.807) is 0 Å². The molecule has 0 saturated carbocycles. The Labute approximate surface area is 271 Å². The largest absolute Gasteiger partial charge is 0.456 e. The van der Waals surface area contributed by atoms with Gasteiger partial charge in [0.2, 0.25) is 0 Å². The Morgan fingerprint density at radius 1 is 0.340 bits per heavy atom. The lowest BCUT2D eigenvalue weighted by Crippen LogP contribution is -2.00. The topological polar surface area (TPSA) is 51.8 Å². The average molecular weight is 602 g/mol. The van der Waals surface area contributed by atoms with Crippen molar-refractivity contribution in [1.82, 2.24) is 15.0 Å². The molecule has 2 aromatic heterocycles. The third-order valence-electron chi connectivity index (χ3n) is 8.74. The molecule has 9 rings (SSSR count). The number of rotatable bonds is 5. The molecule has 4 nitrogen and oxygen atoms in total. The smallest absolute Gasteiger partial charge is 0.164 e. The molecule has 0 saturated heterocycles. The molecular formula is C43H27N3O. The number of furan rings is 1. The zero-order valence-corrected chi connectivity index (χ0v) is 25.3. The van der Waals surface area contributed by atoms with E-state index in [-0.39, 0.29) is 0 Å². The summed E-state index contributed by atoms with van der Waals surface area (Å²) in [5, 5.41) is 4.41. The summed E-state index contributed by atoms with van der Waals surface area (Å²) in [6, 6.07) is 56.4. The maximum absolute atomic E-state index is 6.43. The molecule has 0 spiro atoms. The minimum absolute atomic E-state index is 0.606. The second-order valence-electron chi connectivity index (χ2n) is 11.6. The molecule has 2 heterocycles. The molecule has 7 aromatic carbocycles. The van der Waals surface area contributed by atoms with E-state index in [1.165, 1.54) is 27.5 Å². The van der Waals surface area contributed by atoms with Gasteiger partial charge in [0, 0.05) is 27.5 Å². The van der Waals surface area contributed by atoms with Crippen LogP contribution in [0.1, 0.15) is 0 Å². The van der Waals surface area contributed by atoms with Crippen LogP contribution in [0.4, 0.5) is 0 Å². The third kappa shape index (κ3) is 4.84. The maximum Gasteiger partial charge on any atom is 0.164 e. The second kappa shape index (κ2) is 11.2. The Morgan fingerprint density at radius 3 is 1.62 bits per heavy atom. The molecular weight excluding hydrogens is 574 g/mol. The van der Waals surface area contributed by atoms with Gasteiger partial charge in [-0.05, 0) is 57.3 Å². The van der Waals surface area contributed by atoms with Crippen molar-refractivity contribution in [2.75, 3.05) is 0 Å². The monoisotopic (exact) mass is 601 g/mol. The standard InChI is InChI=1S/C43H27N3O/c1-4-12-28(13-5-1)32-23-22-29-18-10-19-34(36(29)26-32)33-24-25-38-37(27-33)40-35(20-11-21-39(40)47-38)43-45-41(30-14-6-2-7-15-30)44-42(46-43)31-16-8-3-9-17-31/h1-27H. The summed E-state index contributed by atoms with van der Waals surface area (Å²) in [4.78, 5) is 15.0. The fourth-order valence-corrected chi connectivity index (χ4v) is 6.44. The lowest BCUT2D eigenvalue weighted by atomic mass is 9.94. The number of aromatic nitrogens is 3. The highest BCUT2D eigenvalue weighted by Crippen LogP contribution is 2.40. The van der Waals surface area contributed by atoms with Crippen molar-refractivity contribution in [3.63, 3.8) is 0 Å². The first kappa shape index (κ1) is 27.0. The van der Waals surface area contributed by atoms with Crippen LogP contribution in [-0.4, -0.2) is 15.0 Å². The summed E-state index contributed by atoms with van der Waals surface area (Å²) in [6.07, 6.45) is 0. The van der Waals surface area contributed by atoms with Gasteiger partial charge in [0.25, 0.3) is 0 Å². The molecule has 4 heteroatoms. The number of benzene rings is 7. The molecule has 220 valence electrons. The van der Waals surface area contributed by atoms with Crippen LogP contribution in [0, 0.1) is 0 Å². The van der Waals surface area contributed by atoms with Crippen molar-refractivity contribution in [2.24, 2.45) is 0 Å².